The fourth-order valence-corrected chi connectivity index (χ4v) is 4.01. The number of benzene rings is 2. The van der Waals surface area contributed by atoms with E-state index in [1.165, 1.54) is 6.07 Å². The number of rotatable bonds is 7. The minimum atomic E-state index is -2.65. The molecule has 1 fully saturated rings. The van der Waals surface area contributed by atoms with Crippen LogP contribution in [0.4, 0.5) is 18.9 Å². The van der Waals surface area contributed by atoms with Crippen molar-refractivity contribution >= 4 is 17.1 Å². The van der Waals surface area contributed by atoms with Gasteiger partial charge in [-0.25, -0.2) is 13.2 Å². The molecule has 7 heteroatoms. The fourth-order valence-electron chi connectivity index (χ4n) is 4.01. The molecule has 2 aromatic rings. The second-order valence-corrected chi connectivity index (χ2v) is 7.86. The Labute approximate surface area is 193 Å². The smallest absolute Gasteiger partial charge is 0.278 e. The second kappa shape index (κ2) is 11.8. The van der Waals surface area contributed by atoms with E-state index in [2.05, 4.69) is 27.0 Å². The number of nitrogens with one attached hydrogen (secondary N) is 1. The van der Waals surface area contributed by atoms with Crippen LogP contribution in [0.2, 0.25) is 0 Å². The van der Waals surface area contributed by atoms with Crippen molar-refractivity contribution in [3.05, 3.63) is 77.8 Å². The van der Waals surface area contributed by atoms with Crippen molar-refractivity contribution in [3.63, 3.8) is 0 Å². The summed E-state index contributed by atoms with van der Waals surface area (Å²) in [6.45, 7) is 10.6. The average molecular weight is 457 g/mol. The standard InChI is InChI=1S/C24H25F3N4.C2H6/c1-16(17-9-11-28-12-10-17)31(20-5-3-2-4-6-20)15-19-8-7-18(13-21(19)25)22-14-23(24(26)27)30-29-22;1-2/h2-8,13,17,24,28H,1,9-12,14-15H2;1-2H3. The van der Waals surface area contributed by atoms with Crippen LogP contribution in [0.5, 0.6) is 0 Å². The summed E-state index contributed by atoms with van der Waals surface area (Å²) in [5.41, 5.74) is 3.00. The van der Waals surface area contributed by atoms with Crippen molar-refractivity contribution in [3.8, 4) is 0 Å². The summed E-state index contributed by atoms with van der Waals surface area (Å²) in [6.07, 6.45) is -0.712. The third-order valence-electron chi connectivity index (χ3n) is 5.84. The Morgan fingerprint density at radius 1 is 1.09 bits per heavy atom. The van der Waals surface area contributed by atoms with E-state index in [0.29, 0.717) is 29.3 Å². The van der Waals surface area contributed by atoms with E-state index < -0.39 is 12.2 Å². The summed E-state index contributed by atoms with van der Waals surface area (Å²) in [4.78, 5) is 2.07. The summed E-state index contributed by atoms with van der Waals surface area (Å²) in [5, 5.41) is 10.7. The lowest BCUT2D eigenvalue weighted by molar-refractivity contribution is 0.224. The van der Waals surface area contributed by atoms with E-state index in [1.807, 2.05) is 44.2 Å². The van der Waals surface area contributed by atoms with E-state index in [4.69, 9.17) is 0 Å². The highest BCUT2D eigenvalue weighted by atomic mass is 19.3. The molecule has 0 amide bonds. The fraction of sp³-hybridized carbons (Fsp3) is 0.385. The summed E-state index contributed by atoms with van der Waals surface area (Å²) in [6, 6.07) is 14.6. The van der Waals surface area contributed by atoms with Gasteiger partial charge in [-0.05, 0) is 44.1 Å². The van der Waals surface area contributed by atoms with Crippen LogP contribution in [0.25, 0.3) is 0 Å². The Bertz CT molecular complexity index is 996. The molecule has 4 rings (SSSR count). The number of piperidine rings is 1. The van der Waals surface area contributed by atoms with Crippen molar-refractivity contribution in [2.45, 2.75) is 46.1 Å². The normalized spacial score (nSPS) is 16.1. The van der Waals surface area contributed by atoms with Gasteiger partial charge < -0.3 is 10.2 Å². The first-order valence-corrected chi connectivity index (χ1v) is 11.4. The predicted molar refractivity (Wildman–Crippen MR) is 130 cm³/mol. The molecule has 0 unspecified atom stereocenters. The number of allylic oxidation sites excluding steroid dienone is 1. The van der Waals surface area contributed by atoms with Crippen LogP contribution in [0.15, 0.2) is 71.0 Å². The van der Waals surface area contributed by atoms with Gasteiger partial charge >= 0.3 is 0 Å². The lowest BCUT2D eigenvalue weighted by Gasteiger charge is -2.34. The third-order valence-corrected chi connectivity index (χ3v) is 5.84. The Balaban J connectivity index is 0.00000149. The number of para-hydroxylation sites is 1. The Morgan fingerprint density at radius 2 is 1.79 bits per heavy atom. The summed E-state index contributed by atoms with van der Waals surface area (Å²) in [7, 11) is 0. The number of halogens is 3. The molecule has 4 nitrogen and oxygen atoms in total. The van der Waals surface area contributed by atoms with Crippen LogP contribution in [-0.2, 0) is 6.54 Å². The van der Waals surface area contributed by atoms with Crippen molar-refractivity contribution in [2.75, 3.05) is 18.0 Å². The number of anilines is 1. The van der Waals surface area contributed by atoms with Crippen molar-refractivity contribution in [2.24, 2.45) is 16.1 Å². The molecule has 176 valence electrons. The van der Waals surface area contributed by atoms with Gasteiger partial charge in [0, 0.05) is 34.9 Å². The van der Waals surface area contributed by atoms with Gasteiger partial charge in [0.2, 0.25) is 0 Å². The molecule has 0 atom stereocenters. The van der Waals surface area contributed by atoms with Crippen LogP contribution in [0, 0.1) is 11.7 Å². The number of hydrogen-bond acceptors (Lipinski definition) is 4. The molecule has 0 aliphatic carbocycles. The van der Waals surface area contributed by atoms with Gasteiger partial charge in [-0.1, -0.05) is 50.8 Å². The highest BCUT2D eigenvalue weighted by Gasteiger charge is 2.24. The Morgan fingerprint density at radius 3 is 2.39 bits per heavy atom. The van der Waals surface area contributed by atoms with Crippen molar-refractivity contribution in [1.82, 2.24) is 5.32 Å². The molecular weight excluding hydrogens is 425 g/mol. The predicted octanol–water partition coefficient (Wildman–Crippen LogP) is 6.19. The minimum Gasteiger partial charge on any atom is -0.341 e. The molecular formula is C26H31F3N4. The first-order valence-electron chi connectivity index (χ1n) is 11.4. The van der Waals surface area contributed by atoms with Gasteiger partial charge in [-0.3, -0.25) is 0 Å². The van der Waals surface area contributed by atoms with Crippen LogP contribution < -0.4 is 10.2 Å². The van der Waals surface area contributed by atoms with E-state index in [1.54, 1.807) is 12.1 Å². The van der Waals surface area contributed by atoms with Gasteiger partial charge in [0.25, 0.3) is 6.43 Å². The third kappa shape index (κ3) is 6.11. The average Bonchev–Trinajstić information content (AvgIpc) is 3.36. The molecule has 2 aliphatic heterocycles. The Kier molecular flexibility index (Phi) is 8.83. The molecule has 1 N–H and O–H groups in total. The molecule has 2 aromatic carbocycles. The van der Waals surface area contributed by atoms with Crippen molar-refractivity contribution in [1.29, 1.82) is 0 Å². The SMILES string of the molecule is C=C(C1CCNCC1)N(Cc1ccc(C2=NN=C(C(F)F)C2)cc1F)c1ccccc1.CC. The molecule has 33 heavy (non-hydrogen) atoms. The number of alkyl halides is 2. The second-order valence-electron chi connectivity index (χ2n) is 7.86. The molecule has 1 saturated heterocycles. The summed E-state index contributed by atoms with van der Waals surface area (Å²) < 4.78 is 40.7. The molecule has 2 heterocycles. The monoisotopic (exact) mass is 456 g/mol. The van der Waals surface area contributed by atoms with Gasteiger partial charge in [-0.2, -0.15) is 10.2 Å². The molecule has 0 saturated carbocycles. The highest BCUT2D eigenvalue weighted by molar-refractivity contribution is 6.15. The molecule has 0 radical (unpaired) electrons. The highest BCUT2D eigenvalue weighted by Crippen LogP contribution is 2.30. The summed E-state index contributed by atoms with van der Waals surface area (Å²) in [5.74, 6) is -0.0636. The van der Waals surface area contributed by atoms with Gasteiger partial charge in [0.15, 0.2) is 0 Å². The van der Waals surface area contributed by atoms with Crippen molar-refractivity contribution < 1.29 is 13.2 Å². The largest absolute Gasteiger partial charge is 0.341 e. The molecule has 0 aromatic heterocycles. The van der Waals surface area contributed by atoms with Crippen LogP contribution in [0.3, 0.4) is 0 Å². The quantitative estimate of drug-likeness (QED) is 0.540. The first kappa shape index (κ1) is 24.7. The number of hydrogen-bond donors (Lipinski definition) is 1. The van der Waals surface area contributed by atoms with E-state index in [0.717, 1.165) is 37.3 Å². The maximum Gasteiger partial charge on any atom is 0.278 e. The number of nitrogens with zero attached hydrogens (tertiary/aromatic N) is 3. The topological polar surface area (TPSA) is 40.0 Å². The minimum absolute atomic E-state index is 0.0564. The van der Waals surface area contributed by atoms with E-state index in [-0.39, 0.29) is 12.1 Å². The lowest BCUT2D eigenvalue weighted by atomic mass is 9.93. The maximum absolute atomic E-state index is 15.0. The van der Waals surface area contributed by atoms with Crippen LogP contribution >= 0.6 is 0 Å². The van der Waals surface area contributed by atoms with Gasteiger partial charge in [0.1, 0.15) is 11.5 Å². The molecule has 2 aliphatic rings. The first-order chi connectivity index (χ1) is 16.0. The van der Waals surface area contributed by atoms with E-state index in [9.17, 15) is 8.78 Å². The summed E-state index contributed by atoms with van der Waals surface area (Å²) >= 11 is 0. The van der Waals surface area contributed by atoms with Crippen LogP contribution in [-0.4, -0.2) is 30.9 Å². The van der Waals surface area contributed by atoms with E-state index >= 15 is 4.39 Å². The molecule has 0 spiro atoms. The maximum atomic E-state index is 15.0. The van der Waals surface area contributed by atoms with Gasteiger partial charge in [0.05, 0.1) is 12.3 Å². The Hall–Kier alpha value is -2.93. The molecule has 0 bridgehead atoms. The van der Waals surface area contributed by atoms with Crippen LogP contribution in [0.1, 0.15) is 44.2 Å². The zero-order valence-corrected chi connectivity index (χ0v) is 19.2. The lowest BCUT2D eigenvalue weighted by Crippen LogP contribution is -2.34. The zero-order chi connectivity index (χ0) is 23.8. The zero-order valence-electron chi connectivity index (χ0n) is 19.2. The van der Waals surface area contributed by atoms with Gasteiger partial charge in [-0.15, -0.1) is 0 Å².